The molecule has 0 aliphatic carbocycles. The Hall–Kier alpha value is -3.50. The van der Waals surface area contributed by atoms with Crippen molar-refractivity contribution in [1.82, 2.24) is 0 Å². The number of carbonyl (C=O) groups excluding carboxylic acids is 1. The lowest BCUT2D eigenvalue weighted by Gasteiger charge is -2.09. The van der Waals surface area contributed by atoms with Crippen LogP contribution in [-0.2, 0) is 11.0 Å². The Bertz CT molecular complexity index is 1130. The Kier molecular flexibility index (Phi) is 5.76. The quantitative estimate of drug-likeness (QED) is 0.409. The number of carbonyl (C=O) groups is 1. The van der Waals surface area contributed by atoms with E-state index in [9.17, 15) is 23.2 Å². The van der Waals surface area contributed by atoms with E-state index < -0.39 is 17.6 Å². The van der Waals surface area contributed by atoms with Crippen LogP contribution in [0.25, 0.3) is 17.4 Å². The molecule has 0 spiro atoms. The summed E-state index contributed by atoms with van der Waals surface area (Å²) in [5.74, 6) is -0.141. The van der Waals surface area contributed by atoms with Crippen molar-refractivity contribution >= 4 is 29.3 Å². The molecule has 1 aromatic heterocycles. The molecule has 3 rings (SSSR count). The van der Waals surface area contributed by atoms with Crippen molar-refractivity contribution in [1.29, 1.82) is 5.26 Å². The van der Waals surface area contributed by atoms with Gasteiger partial charge in [-0.25, -0.2) is 0 Å². The highest BCUT2D eigenvalue weighted by molar-refractivity contribution is 6.30. The number of halogens is 4. The van der Waals surface area contributed by atoms with Gasteiger partial charge in [0, 0.05) is 22.3 Å². The van der Waals surface area contributed by atoms with Gasteiger partial charge in [-0.15, -0.1) is 0 Å². The number of hydrogen-bond acceptors (Lipinski definition) is 3. The SMILES string of the molecule is N#C/C(=C\c1ccc(-c2cccc(Cl)c2)o1)C(=O)Nc1cccc(C(F)(F)F)c1. The lowest BCUT2D eigenvalue weighted by atomic mass is 10.1. The van der Waals surface area contributed by atoms with E-state index in [4.69, 9.17) is 16.0 Å². The van der Waals surface area contributed by atoms with Crippen molar-refractivity contribution < 1.29 is 22.4 Å². The molecule has 0 aliphatic rings. The third-order valence-corrected chi connectivity index (χ3v) is 4.07. The molecule has 0 saturated heterocycles. The molecule has 3 aromatic rings. The van der Waals surface area contributed by atoms with Crippen LogP contribution in [0, 0.1) is 11.3 Å². The monoisotopic (exact) mass is 416 g/mol. The Morgan fingerprint density at radius 1 is 1.10 bits per heavy atom. The highest BCUT2D eigenvalue weighted by Crippen LogP contribution is 2.31. The number of nitrogens with zero attached hydrogens (tertiary/aromatic N) is 1. The molecule has 1 heterocycles. The maximum atomic E-state index is 12.8. The number of amides is 1. The van der Waals surface area contributed by atoms with E-state index in [1.165, 1.54) is 12.1 Å². The first-order valence-corrected chi connectivity index (χ1v) is 8.60. The van der Waals surface area contributed by atoms with Crippen LogP contribution in [0.3, 0.4) is 0 Å². The van der Waals surface area contributed by atoms with Gasteiger partial charge in [-0.2, -0.15) is 18.4 Å². The first-order chi connectivity index (χ1) is 13.8. The number of nitriles is 1. The van der Waals surface area contributed by atoms with Gasteiger partial charge < -0.3 is 9.73 Å². The normalized spacial score (nSPS) is 11.8. The van der Waals surface area contributed by atoms with Crippen LogP contribution in [0.2, 0.25) is 5.02 Å². The molecule has 1 amide bonds. The second-order valence-electron chi connectivity index (χ2n) is 5.91. The maximum absolute atomic E-state index is 12.8. The number of nitrogens with one attached hydrogen (secondary N) is 1. The number of hydrogen-bond donors (Lipinski definition) is 1. The lowest BCUT2D eigenvalue weighted by Crippen LogP contribution is -2.14. The van der Waals surface area contributed by atoms with Gasteiger partial charge in [-0.3, -0.25) is 4.79 Å². The zero-order valence-corrected chi connectivity index (χ0v) is 15.4. The molecule has 8 heteroatoms. The Balaban J connectivity index is 1.80. The summed E-state index contributed by atoms with van der Waals surface area (Å²) in [5, 5.41) is 12.1. The molecule has 0 radical (unpaired) electrons. The van der Waals surface area contributed by atoms with E-state index in [2.05, 4.69) is 5.32 Å². The van der Waals surface area contributed by atoms with Crippen molar-refractivity contribution in [3.05, 3.63) is 82.6 Å². The molecule has 0 fully saturated rings. The number of anilines is 1. The molecule has 0 saturated carbocycles. The molecule has 2 aromatic carbocycles. The summed E-state index contributed by atoms with van der Waals surface area (Å²) < 4.78 is 44.0. The average Bonchev–Trinajstić information content (AvgIpc) is 3.14. The predicted molar refractivity (Wildman–Crippen MR) is 103 cm³/mol. The summed E-state index contributed by atoms with van der Waals surface area (Å²) in [7, 11) is 0. The summed E-state index contributed by atoms with van der Waals surface area (Å²) >= 11 is 5.95. The van der Waals surface area contributed by atoms with Crippen LogP contribution in [-0.4, -0.2) is 5.91 Å². The second-order valence-corrected chi connectivity index (χ2v) is 6.35. The van der Waals surface area contributed by atoms with Gasteiger partial charge in [-0.05, 0) is 42.5 Å². The summed E-state index contributed by atoms with van der Waals surface area (Å²) in [6.07, 6.45) is -3.34. The lowest BCUT2D eigenvalue weighted by molar-refractivity contribution is -0.137. The molecule has 146 valence electrons. The molecule has 0 atom stereocenters. The van der Waals surface area contributed by atoms with E-state index in [0.29, 0.717) is 16.3 Å². The summed E-state index contributed by atoms with van der Waals surface area (Å²) in [6.45, 7) is 0. The topological polar surface area (TPSA) is 66.0 Å². The number of benzene rings is 2. The summed E-state index contributed by atoms with van der Waals surface area (Å²) in [5.41, 5.74) is -0.599. The standard InChI is InChI=1S/C21H12ClF3N2O2/c22-16-5-1-3-13(9-16)19-8-7-18(29-19)10-14(12-26)20(28)27-17-6-2-4-15(11-17)21(23,24)25/h1-11H,(H,27,28)/b14-10+. The van der Waals surface area contributed by atoms with Gasteiger partial charge in [0.25, 0.3) is 5.91 Å². The summed E-state index contributed by atoms with van der Waals surface area (Å²) in [4.78, 5) is 12.3. The fourth-order valence-electron chi connectivity index (χ4n) is 2.49. The van der Waals surface area contributed by atoms with E-state index in [0.717, 1.165) is 18.2 Å². The molecule has 29 heavy (non-hydrogen) atoms. The zero-order valence-electron chi connectivity index (χ0n) is 14.6. The van der Waals surface area contributed by atoms with Crippen molar-refractivity contribution in [3.8, 4) is 17.4 Å². The zero-order chi connectivity index (χ0) is 21.0. The van der Waals surface area contributed by atoms with E-state index in [1.54, 1.807) is 42.5 Å². The van der Waals surface area contributed by atoms with Crippen LogP contribution < -0.4 is 5.32 Å². The van der Waals surface area contributed by atoms with E-state index in [-0.39, 0.29) is 17.0 Å². The molecular formula is C21H12ClF3N2O2. The van der Waals surface area contributed by atoms with Crippen molar-refractivity contribution in [2.24, 2.45) is 0 Å². The van der Waals surface area contributed by atoms with Crippen LogP contribution in [0.5, 0.6) is 0 Å². The molecule has 0 bridgehead atoms. The Morgan fingerprint density at radius 3 is 2.55 bits per heavy atom. The maximum Gasteiger partial charge on any atom is 0.416 e. The third-order valence-electron chi connectivity index (χ3n) is 3.84. The van der Waals surface area contributed by atoms with Gasteiger partial charge in [0.05, 0.1) is 5.56 Å². The highest BCUT2D eigenvalue weighted by atomic mass is 35.5. The Labute approximate surface area is 168 Å². The van der Waals surface area contributed by atoms with E-state index in [1.807, 2.05) is 0 Å². The predicted octanol–water partition coefficient (Wildman–Crippen LogP) is 6.16. The van der Waals surface area contributed by atoms with Gasteiger partial charge in [0.1, 0.15) is 23.2 Å². The fraction of sp³-hybridized carbons (Fsp3) is 0.0476. The minimum Gasteiger partial charge on any atom is -0.457 e. The van der Waals surface area contributed by atoms with Crippen molar-refractivity contribution in [3.63, 3.8) is 0 Å². The van der Waals surface area contributed by atoms with Crippen LogP contribution in [0.4, 0.5) is 18.9 Å². The molecular weight excluding hydrogens is 405 g/mol. The molecule has 1 N–H and O–H groups in total. The molecule has 0 unspecified atom stereocenters. The second kappa shape index (κ2) is 8.25. The van der Waals surface area contributed by atoms with Gasteiger partial charge >= 0.3 is 6.18 Å². The number of furan rings is 1. The van der Waals surface area contributed by atoms with Gasteiger partial charge in [0.2, 0.25) is 0 Å². The van der Waals surface area contributed by atoms with Crippen LogP contribution in [0.15, 0.2) is 70.7 Å². The van der Waals surface area contributed by atoms with E-state index >= 15 is 0 Å². The first kappa shape index (κ1) is 20.2. The van der Waals surface area contributed by atoms with Crippen LogP contribution >= 0.6 is 11.6 Å². The number of rotatable bonds is 4. The molecule has 0 aliphatic heterocycles. The van der Waals surface area contributed by atoms with Crippen LogP contribution in [0.1, 0.15) is 11.3 Å². The summed E-state index contributed by atoms with van der Waals surface area (Å²) in [6, 6.07) is 16.0. The third kappa shape index (κ3) is 5.06. The smallest absolute Gasteiger partial charge is 0.416 e. The minimum atomic E-state index is -4.54. The first-order valence-electron chi connectivity index (χ1n) is 8.22. The molecule has 4 nitrogen and oxygen atoms in total. The minimum absolute atomic E-state index is 0.0787. The van der Waals surface area contributed by atoms with Gasteiger partial charge in [-0.1, -0.05) is 29.8 Å². The van der Waals surface area contributed by atoms with Crippen molar-refractivity contribution in [2.45, 2.75) is 6.18 Å². The highest BCUT2D eigenvalue weighted by Gasteiger charge is 2.30. The number of alkyl halides is 3. The Morgan fingerprint density at radius 2 is 1.86 bits per heavy atom. The average molecular weight is 417 g/mol. The van der Waals surface area contributed by atoms with Crippen molar-refractivity contribution in [2.75, 3.05) is 5.32 Å². The van der Waals surface area contributed by atoms with Gasteiger partial charge in [0.15, 0.2) is 0 Å². The largest absolute Gasteiger partial charge is 0.457 e. The fourth-order valence-corrected chi connectivity index (χ4v) is 2.68.